The summed E-state index contributed by atoms with van der Waals surface area (Å²) in [7, 11) is -2.21. The Labute approximate surface area is 143 Å². The van der Waals surface area contributed by atoms with E-state index in [4.69, 9.17) is 16.7 Å². The standard InChI is InChI=1S/C14H15ClN6O2S/c1-8-13(24(16,22)23)12(20-21(8)2)6-17-14-10-4-3-9(15)5-11(10)18-7-19-14/h3-5,7H,6H2,1-2H3,(H2,16,22,23)(H,17,18,19). The summed E-state index contributed by atoms with van der Waals surface area (Å²) >= 11 is 5.96. The third kappa shape index (κ3) is 3.05. The van der Waals surface area contributed by atoms with Gasteiger partial charge in [0.2, 0.25) is 10.0 Å². The number of anilines is 1. The number of benzene rings is 1. The van der Waals surface area contributed by atoms with Crippen LogP contribution in [0.1, 0.15) is 11.4 Å². The van der Waals surface area contributed by atoms with Crippen LogP contribution in [0.15, 0.2) is 29.4 Å². The van der Waals surface area contributed by atoms with Crippen molar-refractivity contribution in [2.45, 2.75) is 18.4 Å². The molecule has 2 aromatic heterocycles. The van der Waals surface area contributed by atoms with Crippen molar-refractivity contribution >= 4 is 38.3 Å². The molecule has 0 radical (unpaired) electrons. The van der Waals surface area contributed by atoms with Gasteiger partial charge in [0.15, 0.2) is 0 Å². The van der Waals surface area contributed by atoms with Gasteiger partial charge in [-0.15, -0.1) is 0 Å². The van der Waals surface area contributed by atoms with Gasteiger partial charge in [-0.1, -0.05) is 11.6 Å². The highest BCUT2D eigenvalue weighted by Gasteiger charge is 2.22. The largest absolute Gasteiger partial charge is 0.364 e. The van der Waals surface area contributed by atoms with Crippen molar-refractivity contribution in [3.63, 3.8) is 0 Å². The Morgan fingerprint density at radius 3 is 2.79 bits per heavy atom. The number of nitrogens with zero attached hydrogens (tertiary/aromatic N) is 4. The van der Waals surface area contributed by atoms with Crippen molar-refractivity contribution in [1.29, 1.82) is 0 Å². The first-order valence-electron chi connectivity index (χ1n) is 6.97. The van der Waals surface area contributed by atoms with Crippen molar-refractivity contribution in [1.82, 2.24) is 19.7 Å². The maximum atomic E-state index is 11.8. The minimum Gasteiger partial charge on any atom is -0.364 e. The molecule has 0 unspecified atom stereocenters. The summed E-state index contributed by atoms with van der Waals surface area (Å²) in [6.45, 7) is 1.81. The monoisotopic (exact) mass is 366 g/mol. The van der Waals surface area contributed by atoms with E-state index in [1.807, 2.05) is 0 Å². The van der Waals surface area contributed by atoms with Gasteiger partial charge in [0.25, 0.3) is 0 Å². The van der Waals surface area contributed by atoms with Crippen LogP contribution in [0.3, 0.4) is 0 Å². The lowest BCUT2D eigenvalue weighted by atomic mass is 10.2. The predicted molar refractivity (Wildman–Crippen MR) is 91.2 cm³/mol. The summed E-state index contributed by atoms with van der Waals surface area (Å²) in [6.07, 6.45) is 1.41. The van der Waals surface area contributed by atoms with Gasteiger partial charge in [-0.2, -0.15) is 5.10 Å². The van der Waals surface area contributed by atoms with E-state index < -0.39 is 10.0 Å². The van der Waals surface area contributed by atoms with Crippen molar-refractivity contribution < 1.29 is 8.42 Å². The summed E-state index contributed by atoms with van der Waals surface area (Å²) in [5.74, 6) is 0.556. The average Bonchev–Trinajstić information content (AvgIpc) is 2.79. The van der Waals surface area contributed by atoms with E-state index in [0.29, 0.717) is 27.7 Å². The van der Waals surface area contributed by atoms with E-state index in [1.165, 1.54) is 11.0 Å². The summed E-state index contributed by atoms with van der Waals surface area (Å²) in [4.78, 5) is 8.38. The van der Waals surface area contributed by atoms with Crippen molar-refractivity contribution in [2.75, 3.05) is 5.32 Å². The quantitative estimate of drug-likeness (QED) is 0.724. The smallest absolute Gasteiger partial charge is 0.241 e. The molecule has 0 aliphatic rings. The van der Waals surface area contributed by atoms with Gasteiger partial charge in [-0.3, -0.25) is 4.68 Å². The molecule has 3 aromatic rings. The second kappa shape index (κ2) is 6.00. The van der Waals surface area contributed by atoms with Crippen molar-refractivity contribution in [3.05, 3.63) is 40.9 Å². The first-order chi connectivity index (χ1) is 11.3. The zero-order valence-electron chi connectivity index (χ0n) is 13.0. The number of aromatic nitrogens is 4. The number of primary sulfonamides is 1. The molecule has 3 rings (SSSR count). The average molecular weight is 367 g/mol. The lowest BCUT2D eigenvalue weighted by Gasteiger charge is -2.08. The molecule has 1 aromatic carbocycles. The summed E-state index contributed by atoms with van der Waals surface area (Å²) in [6, 6.07) is 5.26. The van der Waals surface area contributed by atoms with Gasteiger partial charge in [-0.05, 0) is 25.1 Å². The minimum absolute atomic E-state index is 0.0268. The third-order valence-corrected chi connectivity index (χ3v) is 4.99. The van der Waals surface area contributed by atoms with Gasteiger partial charge in [-0.25, -0.2) is 23.5 Å². The fourth-order valence-corrected chi connectivity index (χ4v) is 3.63. The summed E-state index contributed by atoms with van der Waals surface area (Å²) in [5.41, 5.74) is 1.50. The number of nitrogens with two attached hydrogens (primary N) is 1. The van der Waals surface area contributed by atoms with Crippen molar-refractivity contribution in [3.8, 4) is 0 Å². The van der Waals surface area contributed by atoms with E-state index in [1.54, 1.807) is 32.2 Å². The number of rotatable bonds is 4. The van der Waals surface area contributed by atoms with Gasteiger partial charge in [0, 0.05) is 17.5 Å². The zero-order valence-corrected chi connectivity index (χ0v) is 14.6. The normalized spacial score (nSPS) is 11.8. The molecular formula is C14H15ClN6O2S. The van der Waals surface area contributed by atoms with Crippen LogP contribution in [0.25, 0.3) is 10.9 Å². The van der Waals surface area contributed by atoms with Crippen molar-refractivity contribution in [2.24, 2.45) is 12.2 Å². The number of aryl methyl sites for hydroxylation is 1. The van der Waals surface area contributed by atoms with Crippen LogP contribution in [-0.4, -0.2) is 28.2 Å². The van der Waals surface area contributed by atoms with Crippen LogP contribution in [-0.2, 0) is 23.6 Å². The molecule has 0 bridgehead atoms. The summed E-state index contributed by atoms with van der Waals surface area (Å²) in [5, 5.41) is 13.9. The van der Waals surface area contributed by atoms with Crippen LogP contribution >= 0.6 is 11.6 Å². The molecule has 126 valence electrons. The maximum Gasteiger partial charge on any atom is 0.241 e. The highest BCUT2D eigenvalue weighted by molar-refractivity contribution is 7.89. The molecular weight excluding hydrogens is 352 g/mol. The minimum atomic E-state index is -3.87. The Hall–Kier alpha value is -2.23. The summed E-state index contributed by atoms with van der Waals surface area (Å²) < 4.78 is 25.1. The van der Waals surface area contributed by atoms with E-state index in [2.05, 4.69) is 20.4 Å². The van der Waals surface area contributed by atoms with Crippen LogP contribution in [0.4, 0.5) is 5.82 Å². The van der Waals surface area contributed by atoms with Gasteiger partial charge < -0.3 is 5.32 Å². The molecule has 0 saturated carbocycles. The zero-order chi connectivity index (χ0) is 17.5. The van der Waals surface area contributed by atoms with E-state index in [9.17, 15) is 8.42 Å². The number of sulfonamides is 1. The number of nitrogens with one attached hydrogen (secondary N) is 1. The first kappa shape index (κ1) is 16.6. The van der Waals surface area contributed by atoms with Gasteiger partial charge >= 0.3 is 0 Å². The lowest BCUT2D eigenvalue weighted by molar-refractivity contribution is 0.596. The van der Waals surface area contributed by atoms with Gasteiger partial charge in [0.1, 0.15) is 22.7 Å². The maximum absolute atomic E-state index is 11.8. The number of fused-ring (bicyclic) bond motifs is 1. The molecule has 0 saturated heterocycles. The van der Waals surface area contributed by atoms with E-state index >= 15 is 0 Å². The molecule has 24 heavy (non-hydrogen) atoms. The Morgan fingerprint density at radius 1 is 1.33 bits per heavy atom. The number of hydrogen-bond donors (Lipinski definition) is 2. The van der Waals surface area contributed by atoms with Gasteiger partial charge in [0.05, 0.1) is 17.8 Å². The second-order valence-corrected chi connectivity index (χ2v) is 7.20. The molecule has 0 aliphatic heterocycles. The molecule has 2 heterocycles. The molecule has 3 N–H and O–H groups in total. The first-order valence-corrected chi connectivity index (χ1v) is 8.89. The SMILES string of the molecule is Cc1c(S(N)(=O)=O)c(CNc2ncnc3cc(Cl)ccc23)nn1C. The molecule has 8 nitrogen and oxygen atoms in total. The lowest BCUT2D eigenvalue weighted by Crippen LogP contribution is -2.16. The predicted octanol–water partition coefficient (Wildman–Crippen LogP) is 1.58. The second-order valence-electron chi connectivity index (χ2n) is 5.27. The topological polar surface area (TPSA) is 116 Å². The molecule has 0 amide bonds. The molecule has 10 heteroatoms. The fraction of sp³-hybridized carbons (Fsp3) is 0.214. The van der Waals surface area contributed by atoms with E-state index in [0.717, 1.165) is 5.39 Å². The fourth-order valence-electron chi connectivity index (χ4n) is 2.48. The van der Waals surface area contributed by atoms with Crippen LogP contribution in [0.2, 0.25) is 5.02 Å². The van der Waals surface area contributed by atoms with Crippen LogP contribution in [0.5, 0.6) is 0 Å². The Bertz CT molecular complexity index is 1030. The Kier molecular flexibility index (Phi) is 4.16. The molecule has 0 aliphatic carbocycles. The molecule has 0 fully saturated rings. The third-order valence-electron chi connectivity index (χ3n) is 3.65. The highest BCUT2D eigenvalue weighted by Crippen LogP contribution is 2.24. The van der Waals surface area contributed by atoms with E-state index in [-0.39, 0.29) is 11.4 Å². The highest BCUT2D eigenvalue weighted by atomic mass is 35.5. The molecule has 0 atom stereocenters. The number of hydrogen-bond acceptors (Lipinski definition) is 6. The Balaban J connectivity index is 1.97. The van der Waals surface area contributed by atoms with Crippen LogP contribution in [0, 0.1) is 6.92 Å². The Morgan fingerprint density at radius 2 is 2.08 bits per heavy atom. The molecule has 0 spiro atoms. The number of halogens is 1. The van der Waals surface area contributed by atoms with Crippen LogP contribution < -0.4 is 10.5 Å².